The predicted octanol–water partition coefficient (Wildman–Crippen LogP) is 4.68. The number of rotatable bonds is 7. The van der Waals surface area contributed by atoms with Crippen molar-refractivity contribution in [2.24, 2.45) is 0 Å². The van der Waals surface area contributed by atoms with Gasteiger partial charge in [0.1, 0.15) is 5.75 Å². The van der Waals surface area contributed by atoms with Gasteiger partial charge in [0.05, 0.1) is 0 Å². The first kappa shape index (κ1) is 15.5. The zero-order valence-electron chi connectivity index (χ0n) is 12.7. The second-order valence-corrected chi connectivity index (χ2v) is 5.04. The Morgan fingerprint density at radius 3 is 2.33 bits per heavy atom. The molecule has 3 heteroatoms. The highest BCUT2D eigenvalue weighted by molar-refractivity contribution is 5.35. The van der Waals surface area contributed by atoms with Crippen LogP contribution in [0, 0.1) is 5.82 Å². The molecule has 2 aromatic rings. The van der Waals surface area contributed by atoms with Crippen LogP contribution < -0.4 is 10.1 Å². The Hall–Kier alpha value is -1.87. The van der Waals surface area contributed by atoms with Crippen LogP contribution in [0.4, 0.5) is 4.39 Å². The maximum atomic E-state index is 14.0. The molecule has 0 aliphatic heterocycles. The molecule has 0 aromatic heterocycles. The highest BCUT2D eigenvalue weighted by Gasteiger charge is 2.06. The van der Waals surface area contributed by atoms with Crippen molar-refractivity contribution >= 4 is 0 Å². The normalized spacial score (nSPS) is 10.6. The van der Waals surface area contributed by atoms with Crippen LogP contribution in [0.15, 0.2) is 42.5 Å². The molecule has 0 spiro atoms. The van der Waals surface area contributed by atoms with E-state index in [4.69, 9.17) is 4.74 Å². The van der Waals surface area contributed by atoms with E-state index in [2.05, 4.69) is 12.2 Å². The molecule has 0 atom stereocenters. The molecule has 112 valence electrons. The van der Waals surface area contributed by atoms with Crippen LogP contribution in [0.1, 0.15) is 31.4 Å². The Morgan fingerprint density at radius 2 is 1.71 bits per heavy atom. The van der Waals surface area contributed by atoms with Gasteiger partial charge in [-0.2, -0.15) is 0 Å². The van der Waals surface area contributed by atoms with Gasteiger partial charge in [0.15, 0.2) is 11.6 Å². The number of hydrogen-bond acceptors (Lipinski definition) is 2. The predicted molar refractivity (Wildman–Crippen MR) is 84.3 cm³/mol. The van der Waals surface area contributed by atoms with Gasteiger partial charge in [-0.05, 0) is 48.4 Å². The van der Waals surface area contributed by atoms with Gasteiger partial charge in [-0.3, -0.25) is 0 Å². The van der Waals surface area contributed by atoms with Crippen molar-refractivity contribution in [1.29, 1.82) is 0 Å². The van der Waals surface area contributed by atoms with Crippen molar-refractivity contribution in [2.45, 2.75) is 33.2 Å². The standard InChI is InChI=1S/C18H22FNO/c1-3-5-14-6-9-16(10-7-14)21-18-11-8-15(12-17(18)19)13-20-4-2/h6-12,20H,3-5,13H2,1-2H3. The number of halogens is 1. The fourth-order valence-corrected chi connectivity index (χ4v) is 2.15. The van der Waals surface area contributed by atoms with Crippen LogP contribution in [-0.4, -0.2) is 6.54 Å². The topological polar surface area (TPSA) is 21.3 Å². The van der Waals surface area contributed by atoms with Crippen molar-refractivity contribution in [2.75, 3.05) is 6.54 Å². The summed E-state index contributed by atoms with van der Waals surface area (Å²) in [5.41, 5.74) is 2.19. The molecule has 2 nitrogen and oxygen atoms in total. The molecule has 0 aliphatic carbocycles. The molecule has 0 amide bonds. The van der Waals surface area contributed by atoms with Crippen molar-refractivity contribution in [3.05, 3.63) is 59.4 Å². The molecule has 1 N–H and O–H groups in total. The second-order valence-electron chi connectivity index (χ2n) is 5.04. The Labute approximate surface area is 126 Å². The summed E-state index contributed by atoms with van der Waals surface area (Å²) in [6, 6.07) is 12.9. The Morgan fingerprint density at radius 1 is 1.00 bits per heavy atom. The van der Waals surface area contributed by atoms with Gasteiger partial charge in [0.2, 0.25) is 0 Å². The van der Waals surface area contributed by atoms with Crippen LogP contribution in [0.3, 0.4) is 0 Å². The number of hydrogen-bond donors (Lipinski definition) is 1. The molecule has 2 rings (SSSR count). The Kier molecular flexibility index (Phi) is 5.76. The smallest absolute Gasteiger partial charge is 0.166 e. The minimum absolute atomic E-state index is 0.262. The lowest BCUT2D eigenvalue weighted by molar-refractivity contribution is 0.441. The van der Waals surface area contributed by atoms with E-state index in [1.807, 2.05) is 37.3 Å². The van der Waals surface area contributed by atoms with Crippen molar-refractivity contribution in [3.8, 4) is 11.5 Å². The number of ether oxygens (including phenoxy) is 1. The summed E-state index contributed by atoms with van der Waals surface area (Å²) in [6.45, 7) is 5.70. The van der Waals surface area contributed by atoms with Gasteiger partial charge < -0.3 is 10.1 Å². The number of nitrogens with one attached hydrogen (secondary N) is 1. The molecule has 0 aliphatic rings. The summed E-state index contributed by atoms with van der Waals surface area (Å²) in [5, 5.41) is 3.17. The minimum atomic E-state index is -0.331. The fourth-order valence-electron chi connectivity index (χ4n) is 2.15. The van der Waals surface area contributed by atoms with Crippen LogP contribution in [0.25, 0.3) is 0 Å². The van der Waals surface area contributed by atoms with Crippen molar-refractivity contribution < 1.29 is 9.13 Å². The van der Waals surface area contributed by atoms with Crippen LogP contribution in [0.2, 0.25) is 0 Å². The highest BCUT2D eigenvalue weighted by Crippen LogP contribution is 2.25. The number of aryl methyl sites for hydroxylation is 1. The van der Waals surface area contributed by atoms with Gasteiger partial charge in [0.25, 0.3) is 0 Å². The largest absolute Gasteiger partial charge is 0.454 e. The van der Waals surface area contributed by atoms with Crippen molar-refractivity contribution in [1.82, 2.24) is 5.32 Å². The van der Waals surface area contributed by atoms with Gasteiger partial charge in [-0.25, -0.2) is 4.39 Å². The first-order chi connectivity index (χ1) is 10.2. The maximum absolute atomic E-state index is 14.0. The quantitative estimate of drug-likeness (QED) is 0.798. The number of benzene rings is 2. The lowest BCUT2D eigenvalue weighted by atomic mass is 10.1. The molecule has 0 fully saturated rings. The van der Waals surface area contributed by atoms with Crippen molar-refractivity contribution in [3.63, 3.8) is 0 Å². The molecule has 0 saturated carbocycles. The molecule has 0 unspecified atom stereocenters. The molecule has 0 radical (unpaired) electrons. The molecule has 0 bridgehead atoms. The van der Waals surface area contributed by atoms with E-state index in [-0.39, 0.29) is 11.6 Å². The Bertz CT molecular complexity index is 566. The molecular weight excluding hydrogens is 265 g/mol. The lowest BCUT2D eigenvalue weighted by Crippen LogP contribution is -2.11. The summed E-state index contributed by atoms with van der Waals surface area (Å²) < 4.78 is 19.6. The molecule has 0 saturated heterocycles. The van der Waals surface area contributed by atoms with Gasteiger partial charge >= 0.3 is 0 Å². The SMILES string of the molecule is CCCc1ccc(Oc2ccc(CNCC)cc2F)cc1. The summed E-state index contributed by atoms with van der Waals surface area (Å²) in [7, 11) is 0. The second kappa shape index (κ2) is 7.79. The molecular formula is C18H22FNO. The zero-order valence-corrected chi connectivity index (χ0v) is 12.7. The molecule has 2 aromatic carbocycles. The average Bonchev–Trinajstić information content (AvgIpc) is 2.50. The Balaban J connectivity index is 2.05. The molecule has 0 heterocycles. The van der Waals surface area contributed by atoms with E-state index < -0.39 is 0 Å². The third-order valence-electron chi connectivity index (χ3n) is 3.27. The van der Waals surface area contributed by atoms with Crippen LogP contribution in [-0.2, 0) is 13.0 Å². The summed E-state index contributed by atoms with van der Waals surface area (Å²) in [6.07, 6.45) is 2.16. The highest BCUT2D eigenvalue weighted by atomic mass is 19.1. The fraction of sp³-hybridized carbons (Fsp3) is 0.333. The van der Waals surface area contributed by atoms with E-state index >= 15 is 0 Å². The van der Waals surface area contributed by atoms with Gasteiger partial charge in [0, 0.05) is 6.54 Å². The third kappa shape index (κ3) is 4.57. The maximum Gasteiger partial charge on any atom is 0.166 e. The van der Waals surface area contributed by atoms with E-state index in [0.717, 1.165) is 24.9 Å². The van der Waals surface area contributed by atoms with E-state index in [0.29, 0.717) is 12.3 Å². The average molecular weight is 287 g/mol. The summed E-state index contributed by atoms with van der Waals surface area (Å²) >= 11 is 0. The third-order valence-corrected chi connectivity index (χ3v) is 3.27. The molecule has 21 heavy (non-hydrogen) atoms. The monoisotopic (exact) mass is 287 g/mol. The van der Waals surface area contributed by atoms with Crippen LogP contribution >= 0.6 is 0 Å². The van der Waals surface area contributed by atoms with Gasteiger partial charge in [-0.15, -0.1) is 0 Å². The summed E-state index contributed by atoms with van der Waals surface area (Å²) in [4.78, 5) is 0. The zero-order chi connectivity index (χ0) is 15.1. The van der Waals surface area contributed by atoms with E-state index in [9.17, 15) is 4.39 Å². The first-order valence-electron chi connectivity index (χ1n) is 7.49. The minimum Gasteiger partial charge on any atom is -0.454 e. The lowest BCUT2D eigenvalue weighted by Gasteiger charge is -2.09. The van der Waals surface area contributed by atoms with E-state index in [1.54, 1.807) is 6.07 Å². The summed E-state index contributed by atoms with van der Waals surface area (Å²) in [5.74, 6) is 0.592. The first-order valence-corrected chi connectivity index (χ1v) is 7.49. The van der Waals surface area contributed by atoms with Gasteiger partial charge in [-0.1, -0.05) is 38.5 Å². The van der Waals surface area contributed by atoms with Crippen LogP contribution in [0.5, 0.6) is 11.5 Å². The van der Waals surface area contributed by atoms with E-state index in [1.165, 1.54) is 11.6 Å².